The number of anilines is 1. The van der Waals surface area contributed by atoms with Crippen molar-refractivity contribution in [1.82, 2.24) is 10.2 Å². The van der Waals surface area contributed by atoms with Crippen LogP contribution in [0.3, 0.4) is 0 Å². The molecule has 0 radical (unpaired) electrons. The first kappa shape index (κ1) is 29.5. The van der Waals surface area contributed by atoms with Gasteiger partial charge in [-0.15, -0.1) is 0 Å². The number of nitrogens with one attached hydrogen (secondary N) is 1. The number of hydrogen-bond acceptors (Lipinski definition) is 4. The fourth-order valence-corrected chi connectivity index (χ4v) is 5.30. The maximum Gasteiger partial charge on any atom is 0.244 e. The molecule has 0 aliphatic heterocycles. The van der Waals surface area contributed by atoms with Crippen LogP contribution in [-0.4, -0.2) is 50.5 Å². The van der Waals surface area contributed by atoms with Gasteiger partial charge in [0.2, 0.25) is 21.8 Å². The average Bonchev–Trinajstić information content (AvgIpc) is 2.87. The lowest BCUT2D eigenvalue weighted by molar-refractivity contribution is -0.140. The molecule has 1 N–H and O–H groups in total. The third-order valence-electron chi connectivity index (χ3n) is 5.95. The zero-order valence-corrected chi connectivity index (χ0v) is 23.9. The second-order valence-electron chi connectivity index (χ2n) is 8.97. The normalized spacial score (nSPS) is 12.0. The summed E-state index contributed by atoms with van der Waals surface area (Å²) in [7, 11) is -3.94. The summed E-state index contributed by atoms with van der Waals surface area (Å²) in [6.45, 7) is 3.68. The molecule has 0 aromatic heterocycles. The quantitative estimate of drug-likeness (QED) is 0.354. The summed E-state index contributed by atoms with van der Waals surface area (Å²) in [4.78, 5) is 28.7. The number of carbonyl (C=O) groups is 2. The molecule has 1 unspecified atom stereocenters. The van der Waals surface area contributed by atoms with Gasteiger partial charge in [0.1, 0.15) is 12.6 Å². The largest absolute Gasteiger partial charge is 0.355 e. The summed E-state index contributed by atoms with van der Waals surface area (Å²) in [5, 5.41) is 3.22. The minimum atomic E-state index is -3.94. The molecule has 0 fully saturated rings. The van der Waals surface area contributed by atoms with E-state index in [9.17, 15) is 18.0 Å². The van der Waals surface area contributed by atoms with E-state index in [1.807, 2.05) is 61.5 Å². The van der Waals surface area contributed by atoms with Gasteiger partial charge >= 0.3 is 0 Å². The van der Waals surface area contributed by atoms with Crippen molar-refractivity contribution < 1.29 is 18.0 Å². The summed E-state index contributed by atoms with van der Waals surface area (Å²) in [5.41, 5.74) is 2.80. The topological polar surface area (TPSA) is 86.8 Å². The summed E-state index contributed by atoms with van der Waals surface area (Å²) < 4.78 is 26.6. The molecule has 1 atom stereocenters. The van der Waals surface area contributed by atoms with E-state index in [4.69, 9.17) is 23.2 Å². The molecule has 202 valence electrons. The second-order valence-corrected chi connectivity index (χ2v) is 11.7. The van der Waals surface area contributed by atoms with Gasteiger partial charge in [-0.1, -0.05) is 83.4 Å². The van der Waals surface area contributed by atoms with Crippen molar-refractivity contribution >= 4 is 50.7 Å². The highest BCUT2D eigenvalue weighted by molar-refractivity contribution is 7.92. The first-order chi connectivity index (χ1) is 18.0. The fraction of sp³-hybridized carbons (Fsp3) is 0.286. The average molecular weight is 577 g/mol. The number of aryl methyl sites for hydroxylation is 1. The number of sulfonamides is 1. The number of hydrogen-bond donors (Lipinski definition) is 1. The van der Waals surface area contributed by atoms with Gasteiger partial charge in [-0.3, -0.25) is 13.9 Å². The van der Waals surface area contributed by atoms with Crippen molar-refractivity contribution in [3.05, 3.63) is 99.5 Å². The molecule has 0 spiro atoms. The van der Waals surface area contributed by atoms with E-state index >= 15 is 0 Å². The van der Waals surface area contributed by atoms with Crippen LogP contribution in [0.2, 0.25) is 10.0 Å². The molecular weight excluding hydrogens is 545 g/mol. The standard InChI is InChI=1S/C28H31Cl2N3O4S/c1-4-31-28(35)26(16-21-8-6-5-7-9-21)32(18-22-12-10-20(2)11-13-22)27(34)19-33(38(3,36)37)25-17-23(29)14-15-24(25)30/h5-15,17,26H,4,16,18-19H2,1-3H3,(H,31,35). The lowest BCUT2D eigenvalue weighted by atomic mass is 10.0. The number of carbonyl (C=O) groups excluding carboxylic acids is 2. The Kier molecular flexibility index (Phi) is 10.2. The van der Waals surface area contributed by atoms with Crippen LogP contribution in [0.15, 0.2) is 72.8 Å². The molecular formula is C28H31Cl2N3O4S. The highest BCUT2D eigenvalue weighted by Gasteiger charge is 2.33. The van der Waals surface area contributed by atoms with Gasteiger partial charge in [0.25, 0.3) is 0 Å². The molecule has 0 saturated carbocycles. The van der Waals surface area contributed by atoms with Gasteiger partial charge in [-0.2, -0.15) is 0 Å². The Labute approximate surface area is 234 Å². The molecule has 0 saturated heterocycles. The molecule has 38 heavy (non-hydrogen) atoms. The van der Waals surface area contributed by atoms with Crippen molar-refractivity contribution in [2.45, 2.75) is 32.9 Å². The van der Waals surface area contributed by atoms with E-state index in [0.717, 1.165) is 27.3 Å². The first-order valence-corrected chi connectivity index (χ1v) is 14.7. The first-order valence-electron chi connectivity index (χ1n) is 12.1. The smallest absolute Gasteiger partial charge is 0.244 e. The van der Waals surface area contributed by atoms with E-state index < -0.39 is 28.5 Å². The zero-order chi connectivity index (χ0) is 27.9. The molecule has 0 aliphatic rings. The van der Waals surface area contributed by atoms with Crippen molar-refractivity contribution in [3.63, 3.8) is 0 Å². The maximum atomic E-state index is 13.9. The Balaban J connectivity index is 2.06. The number of amides is 2. The van der Waals surface area contributed by atoms with Crippen LogP contribution in [0, 0.1) is 6.92 Å². The Morgan fingerprint density at radius 3 is 2.21 bits per heavy atom. The fourth-order valence-electron chi connectivity index (χ4n) is 4.01. The second kappa shape index (κ2) is 13.1. The molecule has 3 rings (SSSR count). The predicted molar refractivity (Wildman–Crippen MR) is 153 cm³/mol. The van der Waals surface area contributed by atoms with Gasteiger partial charge < -0.3 is 10.2 Å². The Morgan fingerprint density at radius 2 is 1.61 bits per heavy atom. The van der Waals surface area contributed by atoms with E-state index in [2.05, 4.69) is 5.32 Å². The number of halogens is 2. The summed E-state index contributed by atoms with van der Waals surface area (Å²) >= 11 is 12.4. The molecule has 2 amide bonds. The van der Waals surface area contributed by atoms with Crippen LogP contribution in [-0.2, 0) is 32.6 Å². The zero-order valence-electron chi connectivity index (χ0n) is 21.5. The third-order valence-corrected chi connectivity index (χ3v) is 7.63. The minimum absolute atomic E-state index is 0.0860. The highest BCUT2D eigenvalue weighted by Crippen LogP contribution is 2.31. The highest BCUT2D eigenvalue weighted by atomic mass is 35.5. The molecule has 3 aromatic rings. The van der Waals surface area contributed by atoms with Gasteiger partial charge in [-0.25, -0.2) is 8.42 Å². The van der Waals surface area contributed by atoms with E-state index in [-0.39, 0.29) is 34.6 Å². The van der Waals surface area contributed by atoms with E-state index in [0.29, 0.717) is 6.54 Å². The predicted octanol–water partition coefficient (Wildman–Crippen LogP) is 4.84. The molecule has 0 bridgehead atoms. The van der Waals surface area contributed by atoms with Crippen LogP contribution in [0.25, 0.3) is 0 Å². The van der Waals surface area contributed by atoms with Crippen molar-refractivity contribution in [2.24, 2.45) is 0 Å². The number of rotatable bonds is 11. The molecule has 10 heteroatoms. The molecule has 7 nitrogen and oxygen atoms in total. The van der Waals surface area contributed by atoms with E-state index in [1.165, 1.54) is 23.1 Å². The van der Waals surface area contributed by atoms with Crippen molar-refractivity contribution in [2.75, 3.05) is 23.7 Å². The van der Waals surface area contributed by atoms with Crippen LogP contribution >= 0.6 is 23.2 Å². The number of likely N-dealkylation sites (N-methyl/N-ethyl adjacent to an activating group) is 1. The Bertz CT molecular complexity index is 1370. The number of benzene rings is 3. The summed E-state index contributed by atoms with van der Waals surface area (Å²) in [5.74, 6) is -0.886. The summed E-state index contributed by atoms with van der Waals surface area (Å²) in [6.07, 6.45) is 1.24. The van der Waals surface area contributed by atoms with Crippen LogP contribution in [0.5, 0.6) is 0 Å². The van der Waals surface area contributed by atoms with E-state index in [1.54, 1.807) is 6.92 Å². The monoisotopic (exact) mass is 575 g/mol. The van der Waals surface area contributed by atoms with Crippen LogP contribution < -0.4 is 9.62 Å². The van der Waals surface area contributed by atoms with Gasteiger partial charge in [-0.05, 0) is 43.2 Å². The lowest BCUT2D eigenvalue weighted by Gasteiger charge is -2.33. The third kappa shape index (κ3) is 7.96. The van der Waals surface area contributed by atoms with Crippen LogP contribution in [0.4, 0.5) is 5.69 Å². The molecule has 3 aromatic carbocycles. The van der Waals surface area contributed by atoms with Crippen LogP contribution in [0.1, 0.15) is 23.6 Å². The van der Waals surface area contributed by atoms with Crippen molar-refractivity contribution in [1.29, 1.82) is 0 Å². The SMILES string of the molecule is CCNC(=O)C(Cc1ccccc1)N(Cc1ccc(C)cc1)C(=O)CN(c1cc(Cl)ccc1Cl)S(C)(=O)=O. The summed E-state index contributed by atoms with van der Waals surface area (Å²) in [6, 6.07) is 20.5. The van der Waals surface area contributed by atoms with Gasteiger partial charge in [0.05, 0.1) is 17.0 Å². The lowest BCUT2D eigenvalue weighted by Crippen LogP contribution is -2.53. The van der Waals surface area contributed by atoms with Gasteiger partial charge in [0, 0.05) is 24.5 Å². The van der Waals surface area contributed by atoms with Crippen molar-refractivity contribution in [3.8, 4) is 0 Å². The minimum Gasteiger partial charge on any atom is -0.355 e. The Morgan fingerprint density at radius 1 is 0.947 bits per heavy atom. The molecule has 0 heterocycles. The molecule has 0 aliphatic carbocycles. The maximum absolute atomic E-state index is 13.9. The Hall–Kier alpha value is -3.07. The van der Waals surface area contributed by atoms with Gasteiger partial charge in [0.15, 0.2) is 0 Å². The number of nitrogens with zero attached hydrogens (tertiary/aromatic N) is 2.